The molecular weight excluding hydrogens is 632 g/mol. The number of aromatic hydroxyl groups is 2. The third kappa shape index (κ3) is 3.80. The van der Waals surface area contributed by atoms with Crippen molar-refractivity contribution >= 4 is 0 Å². The summed E-state index contributed by atoms with van der Waals surface area (Å²) in [7, 11) is 3.93. The van der Waals surface area contributed by atoms with Gasteiger partial charge in [-0.15, -0.1) is 13.2 Å². The first-order valence-electron chi connectivity index (χ1n) is 18.7. The highest BCUT2D eigenvalue weighted by molar-refractivity contribution is 5.64. The molecule has 10 atom stereocenters. The second kappa shape index (κ2) is 11.2. The largest absolute Gasteiger partial charge is 0.504 e. The fourth-order valence-electron chi connectivity index (χ4n) is 12.6. The van der Waals surface area contributed by atoms with Gasteiger partial charge in [-0.25, -0.2) is 0 Å². The highest BCUT2D eigenvalue weighted by Gasteiger charge is 2.74. The summed E-state index contributed by atoms with van der Waals surface area (Å²) in [6, 6.07) is 8.05. The Labute approximate surface area is 294 Å². The molecule has 2 saturated carbocycles. The standard InChI is InChI=1S/2C20H26N2O3/c2*1-3-9-22-10-8-19-16-12-4-5-14(23)17(16)25-18(19)13(21-2)6-7-20(19,24)15(22)11-12/h2*3-5,13,15,18,21,23-24H,1,6-11H2,2H3/t13-,15+,18-,19-,20+;13-,15-,18+,19+,20-/m01/s1. The number of ether oxygens (including phenoxy) is 2. The van der Waals surface area contributed by atoms with Crippen molar-refractivity contribution < 1.29 is 29.9 Å². The molecule has 10 rings (SSSR count). The highest BCUT2D eigenvalue weighted by Crippen LogP contribution is 2.67. The average Bonchev–Trinajstić information content (AvgIpc) is 3.65. The number of likely N-dealkylation sites (tertiary alicyclic amines) is 2. The fraction of sp³-hybridized carbons (Fsp3) is 0.600. The van der Waals surface area contributed by atoms with E-state index in [-0.39, 0.29) is 47.9 Å². The fourth-order valence-corrected chi connectivity index (χ4v) is 12.6. The van der Waals surface area contributed by atoms with Crippen LogP contribution in [-0.4, -0.2) is 118 Å². The summed E-state index contributed by atoms with van der Waals surface area (Å²) >= 11 is 0. The molecule has 10 nitrogen and oxygen atoms in total. The third-order valence-electron chi connectivity index (χ3n) is 14.6. The number of piperidine rings is 2. The third-order valence-corrected chi connectivity index (χ3v) is 14.6. The Hall–Kier alpha value is -3.12. The number of rotatable bonds is 6. The molecule has 2 aromatic rings. The Morgan fingerprint density at radius 1 is 0.720 bits per heavy atom. The van der Waals surface area contributed by atoms with Crippen LogP contribution < -0.4 is 20.1 Å². The highest BCUT2D eigenvalue weighted by atomic mass is 16.5. The molecule has 4 fully saturated rings. The maximum Gasteiger partial charge on any atom is 0.165 e. The van der Waals surface area contributed by atoms with Crippen LogP contribution in [-0.2, 0) is 23.7 Å². The van der Waals surface area contributed by atoms with E-state index in [1.807, 2.05) is 38.4 Å². The Bertz CT molecular complexity index is 1630. The zero-order valence-corrected chi connectivity index (χ0v) is 29.3. The average molecular weight is 685 g/mol. The van der Waals surface area contributed by atoms with Crippen LogP contribution in [0.4, 0.5) is 0 Å². The number of hydrogen-bond donors (Lipinski definition) is 6. The van der Waals surface area contributed by atoms with Crippen molar-refractivity contribution in [1.82, 2.24) is 20.4 Å². The minimum absolute atomic E-state index is 0.0751. The Morgan fingerprint density at radius 2 is 1.14 bits per heavy atom. The summed E-state index contributed by atoms with van der Waals surface area (Å²) in [6.45, 7) is 11.2. The van der Waals surface area contributed by atoms with Gasteiger partial charge in [-0.1, -0.05) is 24.3 Å². The summed E-state index contributed by atoms with van der Waals surface area (Å²) in [6.07, 6.45) is 10.2. The van der Waals surface area contributed by atoms with E-state index in [4.69, 9.17) is 9.47 Å². The lowest BCUT2D eigenvalue weighted by Gasteiger charge is -2.64. The normalized spacial score (nSPS) is 41.1. The lowest BCUT2D eigenvalue weighted by Crippen LogP contribution is -2.77. The molecule has 2 aromatic carbocycles. The van der Waals surface area contributed by atoms with Gasteiger partial charge in [-0.3, -0.25) is 9.80 Å². The predicted octanol–water partition coefficient (Wildman–Crippen LogP) is 2.64. The molecule has 0 unspecified atom stereocenters. The Kier molecular flexibility index (Phi) is 7.33. The second-order valence-electron chi connectivity index (χ2n) is 16.1. The molecule has 8 aliphatic rings. The SMILES string of the molecule is C=CCN1CC[C@]23c4c5ccc(O)c4O[C@H]2[C@@H](NC)CC[C@@]3(O)[C@H]1C5.C=CCN1CC[C@]23c4c5ccc(O)c4O[C@H]2[C@H](NC)CC[C@@]3(O)[C@H]1C5. The molecule has 4 aliphatic heterocycles. The van der Waals surface area contributed by atoms with Gasteiger partial charge in [0, 0.05) is 48.4 Å². The Balaban J connectivity index is 0.000000135. The van der Waals surface area contributed by atoms with E-state index in [0.717, 1.165) is 88.7 Å². The molecule has 6 N–H and O–H groups in total. The van der Waals surface area contributed by atoms with E-state index in [1.165, 1.54) is 11.1 Å². The van der Waals surface area contributed by atoms with E-state index in [1.54, 1.807) is 12.1 Å². The van der Waals surface area contributed by atoms with Gasteiger partial charge >= 0.3 is 0 Å². The summed E-state index contributed by atoms with van der Waals surface area (Å²) in [5.41, 5.74) is 2.09. The first-order valence-corrected chi connectivity index (χ1v) is 18.7. The lowest BCUT2D eigenvalue weighted by molar-refractivity contribution is -0.189. The second-order valence-corrected chi connectivity index (χ2v) is 16.1. The molecule has 0 aromatic heterocycles. The molecule has 0 radical (unpaired) electrons. The van der Waals surface area contributed by atoms with Crippen LogP contribution in [0.3, 0.4) is 0 Å². The van der Waals surface area contributed by atoms with Gasteiger partial charge < -0.3 is 40.5 Å². The number of nitrogens with one attached hydrogen (secondary N) is 2. The molecule has 4 heterocycles. The van der Waals surface area contributed by atoms with Crippen LogP contribution in [0, 0.1) is 0 Å². The van der Waals surface area contributed by atoms with Crippen molar-refractivity contribution in [3.8, 4) is 23.0 Å². The molecule has 0 amide bonds. The first kappa shape index (κ1) is 32.8. The van der Waals surface area contributed by atoms with E-state index >= 15 is 0 Å². The van der Waals surface area contributed by atoms with Crippen LogP contribution in [0.15, 0.2) is 49.6 Å². The van der Waals surface area contributed by atoms with Gasteiger partial charge in [0.1, 0.15) is 12.2 Å². The zero-order valence-electron chi connectivity index (χ0n) is 29.3. The Morgan fingerprint density at radius 3 is 1.52 bits per heavy atom. The number of nitrogens with zero attached hydrogens (tertiary/aromatic N) is 2. The molecule has 2 saturated heterocycles. The topological polar surface area (TPSA) is 130 Å². The van der Waals surface area contributed by atoms with Crippen molar-refractivity contribution in [2.45, 2.75) is 110 Å². The maximum absolute atomic E-state index is 12.0. The van der Waals surface area contributed by atoms with Crippen LogP contribution in [0.25, 0.3) is 0 Å². The van der Waals surface area contributed by atoms with Crippen molar-refractivity contribution in [1.29, 1.82) is 0 Å². The number of benzene rings is 2. The molecule has 10 heteroatoms. The minimum Gasteiger partial charge on any atom is -0.504 e. The van der Waals surface area contributed by atoms with Crippen LogP contribution in [0.1, 0.15) is 60.8 Å². The lowest BCUT2D eigenvalue weighted by atomic mass is 9.48. The van der Waals surface area contributed by atoms with Gasteiger partial charge in [-0.05, 0) is 102 Å². The smallest absolute Gasteiger partial charge is 0.165 e. The number of hydrogen-bond acceptors (Lipinski definition) is 10. The molecule has 4 bridgehead atoms. The molecule has 4 aliphatic carbocycles. The summed E-state index contributed by atoms with van der Waals surface area (Å²) in [5, 5.41) is 51.8. The zero-order chi connectivity index (χ0) is 34.8. The summed E-state index contributed by atoms with van der Waals surface area (Å²) < 4.78 is 12.7. The van der Waals surface area contributed by atoms with E-state index in [9.17, 15) is 20.4 Å². The molecule has 2 spiro atoms. The van der Waals surface area contributed by atoms with Crippen LogP contribution >= 0.6 is 0 Å². The van der Waals surface area contributed by atoms with Gasteiger partial charge in [0.15, 0.2) is 23.0 Å². The summed E-state index contributed by atoms with van der Waals surface area (Å²) in [4.78, 5) is 4.76. The van der Waals surface area contributed by atoms with Gasteiger partial charge in [0.25, 0.3) is 0 Å². The molecule has 50 heavy (non-hydrogen) atoms. The van der Waals surface area contributed by atoms with Crippen molar-refractivity contribution in [2.75, 3.05) is 40.3 Å². The maximum atomic E-state index is 12.0. The van der Waals surface area contributed by atoms with E-state index in [0.29, 0.717) is 11.5 Å². The van der Waals surface area contributed by atoms with Gasteiger partial charge in [0.2, 0.25) is 0 Å². The number of phenols is 2. The van der Waals surface area contributed by atoms with E-state index in [2.05, 4.69) is 33.6 Å². The van der Waals surface area contributed by atoms with Crippen molar-refractivity contribution in [3.63, 3.8) is 0 Å². The van der Waals surface area contributed by atoms with Crippen molar-refractivity contribution in [3.05, 3.63) is 71.8 Å². The van der Waals surface area contributed by atoms with Crippen LogP contribution in [0.2, 0.25) is 0 Å². The monoisotopic (exact) mass is 684 g/mol. The quantitative estimate of drug-likeness (QED) is 0.253. The predicted molar refractivity (Wildman–Crippen MR) is 190 cm³/mol. The van der Waals surface area contributed by atoms with Gasteiger partial charge in [-0.2, -0.15) is 0 Å². The molecule has 268 valence electrons. The van der Waals surface area contributed by atoms with Crippen molar-refractivity contribution in [2.24, 2.45) is 0 Å². The number of aliphatic hydroxyl groups is 2. The summed E-state index contributed by atoms with van der Waals surface area (Å²) in [5.74, 6) is 1.62. The van der Waals surface area contributed by atoms with Gasteiger partial charge in [0.05, 0.1) is 22.0 Å². The minimum atomic E-state index is -0.821. The first-order chi connectivity index (χ1) is 24.1. The number of phenolic OH excluding ortho intramolecular Hbond substituents is 2. The number of likely N-dealkylation sites (N-methyl/N-ethyl adjacent to an activating group) is 2. The van der Waals surface area contributed by atoms with Crippen LogP contribution in [0.5, 0.6) is 23.0 Å². The van der Waals surface area contributed by atoms with E-state index < -0.39 is 22.0 Å². The molecular formula is C40H52N4O6.